The van der Waals surface area contributed by atoms with Gasteiger partial charge in [-0.15, -0.1) is 0 Å². The third kappa shape index (κ3) is 15.9. The Hall–Kier alpha value is -1.82. The highest BCUT2D eigenvalue weighted by Crippen LogP contribution is 2.28. The Morgan fingerprint density at radius 1 is 0.765 bits per heavy atom. The predicted octanol–water partition coefficient (Wildman–Crippen LogP) is 7.76. The van der Waals surface area contributed by atoms with E-state index in [0.717, 1.165) is 30.0 Å². The van der Waals surface area contributed by atoms with Gasteiger partial charge in [0.25, 0.3) is 0 Å². The van der Waals surface area contributed by atoms with Crippen LogP contribution in [0.1, 0.15) is 116 Å². The molecule has 0 atom stereocenters. The molecular formula is C28H49N3O2S. The molecule has 0 spiro atoms. The second-order valence-electron chi connectivity index (χ2n) is 8.79. The normalized spacial score (nSPS) is 11.0. The summed E-state index contributed by atoms with van der Waals surface area (Å²) in [4.78, 5) is 0. The Balaban J connectivity index is 2.02. The minimum absolute atomic E-state index is 0.557. The van der Waals surface area contributed by atoms with Crippen molar-refractivity contribution in [3.8, 4) is 11.5 Å². The standard InChI is InChI=1S/C28H49N3O2S/c1-4-7-8-9-10-11-12-13-14-15-16-17-18-19-22-29-28(34)31-30-24-25-20-21-26(32-5-2)27(23-25)33-6-3/h20-21,23-24H,4-19,22H2,1-3H3,(H2,29,31,34). The zero-order chi connectivity index (χ0) is 24.7. The Morgan fingerprint density at radius 3 is 1.85 bits per heavy atom. The molecule has 1 aromatic carbocycles. The first kappa shape index (κ1) is 30.2. The number of hydrogen-bond donors (Lipinski definition) is 2. The average Bonchev–Trinajstić information content (AvgIpc) is 2.83. The molecular weight excluding hydrogens is 442 g/mol. The van der Waals surface area contributed by atoms with Crippen molar-refractivity contribution >= 4 is 23.5 Å². The monoisotopic (exact) mass is 491 g/mol. The van der Waals surface area contributed by atoms with Crippen LogP contribution in [0.2, 0.25) is 0 Å². The summed E-state index contributed by atoms with van der Waals surface area (Å²) in [6.45, 7) is 8.28. The summed E-state index contributed by atoms with van der Waals surface area (Å²) < 4.78 is 11.2. The molecule has 0 saturated carbocycles. The highest BCUT2D eigenvalue weighted by Gasteiger charge is 2.05. The summed E-state index contributed by atoms with van der Waals surface area (Å²) in [5, 5.41) is 8.02. The quantitative estimate of drug-likeness (QED) is 0.0796. The van der Waals surface area contributed by atoms with Crippen LogP contribution >= 0.6 is 12.2 Å². The summed E-state index contributed by atoms with van der Waals surface area (Å²) in [5.74, 6) is 1.48. The van der Waals surface area contributed by atoms with Gasteiger partial charge in [-0.2, -0.15) is 5.10 Å². The lowest BCUT2D eigenvalue weighted by Crippen LogP contribution is -2.32. The number of thiocarbonyl (C=S) groups is 1. The fourth-order valence-electron chi connectivity index (χ4n) is 3.87. The number of benzene rings is 1. The SMILES string of the molecule is CCCCCCCCCCCCCCCCNC(=S)NN=Cc1ccc(OCC)c(OCC)c1. The molecule has 1 aromatic rings. The van der Waals surface area contributed by atoms with Gasteiger partial charge >= 0.3 is 0 Å². The Morgan fingerprint density at radius 2 is 1.29 bits per heavy atom. The van der Waals surface area contributed by atoms with E-state index in [1.807, 2.05) is 32.0 Å². The Bertz CT molecular complexity index is 667. The molecule has 0 aliphatic carbocycles. The Kier molecular flexibility index (Phi) is 19.3. The van der Waals surface area contributed by atoms with Crippen LogP contribution in [0, 0.1) is 0 Å². The highest BCUT2D eigenvalue weighted by molar-refractivity contribution is 7.80. The van der Waals surface area contributed by atoms with E-state index >= 15 is 0 Å². The molecule has 0 aliphatic rings. The van der Waals surface area contributed by atoms with Gasteiger partial charge in [-0.3, -0.25) is 5.43 Å². The molecule has 5 nitrogen and oxygen atoms in total. The maximum absolute atomic E-state index is 5.65. The van der Waals surface area contributed by atoms with Crippen molar-refractivity contribution in [2.24, 2.45) is 5.10 Å². The van der Waals surface area contributed by atoms with Crippen molar-refractivity contribution < 1.29 is 9.47 Å². The first-order chi connectivity index (χ1) is 16.7. The molecule has 0 heterocycles. The number of nitrogens with one attached hydrogen (secondary N) is 2. The molecule has 34 heavy (non-hydrogen) atoms. The highest BCUT2D eigenvalue weighted by atomic mass is 32.1. The largest absolute Gasteiger partial charge is 0.490 e. The molecule has 0 amide bonds. The number of hydrazone groups is 1. The topological polar surface area (TPSA) is 54.9 Å². The lowest BCUT2D eigenvalue weighted by Gasteiger charge is -2.11. The molecule has 0 fully saturated rings. The smallest absolute Gasteiger partial charge is 0.186 e. The minimum atomic E-state index is 0.557. The van der Waals surface area contributed by atoms with E-state index in [1.165, 1.54) is 83.5 Å². The van der Waals surface area contributed by atoms with Gasteiger partial charge < -0.3 is 14.8 Å². The van der Waals surface area contributed by atoms with Crippen LogP contribution in [0.15, 0.2) is 23.3 Å². The van der Waals surface area contributed by atoms with Crippen molar-refractivity contribution in [2.75, 3.05) is 19.8 Å². The lowest BCUT2D eigenvalue weighted by atomic mass is 10.0. The van der Waals surface area contributed by atoms with Gasteiger partial charge in [0.2, 0.25) is 0 Å². The van der Waals surface area contributed by atoms with Crippen LogP contribution in [0.3, 0.4) is 0 Å². The molecule has 6 heteroatoms. The predicted molar refractivity (Wildman–Crippen MR) is 150 cm³/mol. The summed E-state index contributed by atoms with van der Waals surface area (Å²) >= 11 is 5.31. The first-order valence-corrected chi connectivity index (χ1v) is 14.1. The summed E-state index contributed by atoms with van der Waals surface area (Å²) in [6.07, 6.45) is 20.9. The molecule has 0 radical (unpaired) electrons. The molecule has 194 valence electrons. The van der Waals surface area contributed by atoms with Crippen molar-refractivity contribution in [3.05, 3.63) is 23.8 Å². The van der Waals surface area contributed by atoms with Crippen molar-refractivity contribution in [2.45, 2.75) is 111 Å². The summed E-state index contributed by atoms with van der Waals surface area (Å²) in [5.41, 5.74) is 3.81. The van der Waals surface area contributed by atoms with Gasteiger partial charge in [-0.05, 0) is 56.2 Å². The van der Waals surface area contributed by atoms with E-state index in [1.54, 1.807) is 6.21 Å². The molecule has 0 saturated heterocycles. The Labute approximate surface area is 214 Å². The molecule has 2 N–H and O–H groups in total. The fraction of sp³-hybridized carbons (Fsp3) is 0.714. The molecule has 0 bridgehead atoms. The third-order valence-electron chi connectivity index (χ3n) is 5.76. The number of rotatable bonds is 21. The maximum atomic E-state index is 5.65. The summed E-state index contributed by atoms with van der Waals surface area (Å²) in [7, 11) is 0. The van der Waals surface area contributed by atoms with Crippen LogP contribution in [0.5, 0.6) is 11.5 Å². The molecule has 0 aliphatic heterocycles. The molecule has 0 unspecified atom stereocenters. The fourth-order valence-corrected chi connectivity index (χ4v) is 4.03. The number of ether oxygens (including phenoxy) is 2. The summed E-state index contributed by atoms with van der Waals surface area (Å²) in [6, 6.07) is 5.77. The van der Waals surface area contributed by atoms with Gasteiger partial charge in [-0.1, -0.05) is 90.4 Å². The van der Waals surface area contributed by atoms with Crippen LogP contribution in [0.25, 0.3) is 0 Å². The first-order valence-electron chi connectivity index (χ1n) is 13.7. The van der Waals surface area contributed by atoms with Crippen LogP contribution < -0.4 is 20.2 Å². The minimum Gasteiger partial charge on any atom is -0.490 e. The lowest BCUT2D eigenvalue weighted by molar-refractivity contribution is 0.288. The van der Waals surface area contributed by atoms with Crippen LogP contribution in [-0.4, -0.2) is 31.1 Å². The van der Waals surface area contributed by atoms with E-state index < -0.39 is 0 Å². The number of unbranched alkanes of at least 4 members (excludes halogenated alkanes) is 13. The van der Waals surface area contributed by atoms with Crippen LogP contribution in [-0.2, 0) is 0 Å². The molecule has 1 rings (SSSR count). The van der Waals surface area contributed by atoms with Crippen molar-refractivity contribution in [1.82, 2.24) is 10.7 Å². The zero-order valence-corrected chi connectivity index (χ0v) is 22.8. The van der Waals surface area contributed by atoms with E-state index in [2.05, 4.69) is 22.8 Å². The van der Waals surface area contributed by atoms with Crippen LogP contribution in [0.4, 0.5) is 0 Å². The number of hydrogen-bond acceptors (Lipinski definition) is 4. The molecule has 0 aromatic heterocycles. The van der Waals surface area contributed by atoms with Crippen molar-refractivity contribution in [1.29, 1.82) is 0 Å². The van der Waals surface area contributed by atoms with E-state index in [0.29, 0.717) is 18.3 Å². The second kappa shape index (κ2) is 21.7. The van der Waals surface area contributed by atoms with Gasteiger partial charge in [0.05, 0.1) is 19.4 Å². The van der Waals surface area contributed by atoms with Gasteiger partial charge in [0, 0.05) is 6.54 Å². The number of nitrogens with zero attached hydrogens (tertiary/aromatic N) is 1. The van der Waals surface area contributed by atoms with E-state index in [9.17, 15) is 0 Å². The van der Waals surface area contributed by atoms with E-state index in [-0.39, 0.29) is 0 Å². The zero-order valence-electron chi connectivity index (χ0n) is 22.0. The van der Waals surface area contributed by atoms with E-state index in [4.69, 9.17) is 21.7 Å². The third-order valence-corrected chi connectivity index (χ3v) is 6.00. The van der Waals surface area contributed by atoms with Gasteiger partial charge in [0.15, 0.2) is 16.6 Å². The second-order valence-corrected chi connectivity index (χ2v) is 9.20. The van der Waals surface area contributed by atoms with Gasteiger partial charge in [0.1, 0.15) is 0 Å². The maximum Gasteiger partial charge on any atom is 0.186 e. The van der Waals surface area contributed by atoms with Gasteiger partial charge in [-0.25, -0.2) is 0 Å². The average molecular weight is 492 g/mol. The van der Waals surface area contributed by atoms with Crippen molar-refractivity contribution in [3.63, 3.8) is 0 Å².